The van der Waals surface area contributed by atoms with Gasteiger partial charge in [0.05, 0.1) is 5.56 Å². The molecule has 0 aliphatic heterocycles. The summed E-state index contributed by atoms with van der Waals surface area (Å²) >= 11 is 0. The predicted molar refractivity (Wildman–Crippen MR) is 175 cm³/mol. The Balaban J connectivity index is 1.59. The average molecular weight is 627 g/mol. The molecule has 0 amide bonds. The Hall–Kier alpha value is -3.42. The summed E-state index contributed by atoms with van der Waals surface area (Å²) in [6.07, 6.45) is 9.78. The maximum atomic E-state index is 15.1. The minimum Gasteiger partial charge on any atom is -0.487 e. The minimum atomic E-state index is -2.05. The van der Waals surface area contributed by atoms with E-state index in [2.05, 4.69) is 16.9 Å². The van der Waals surface area contributed by atoms with Crippen LogP contribution in [-0.2, 0) is 4.79 Å². The van der Waals surface area contributed by atoms with E-state index >= 15 is 4.39 Å². The van der Waals surface area contributed by atoms with Crippen LogP contribution in [0.5, 0.6) is 11.5 Å². The van der Waals surface area contributed by atoms with Crippen molar-refractivity contribution in [1.82, 2.24) is 9.97 Å². The van der Waals surface area contributed by atoms with Crippen LogP contribution in [0, 0.1) is 0 Å². The van der Waals surface area contributed by atoms with Crippen LogP contribution in [0.15, 0.2) is 60.9 Å². The fraction of sp³-hybridized carbons (Fsp3) is 0.541. The quantitative estimate of drug-likeness (QED) is 0.0709. The first-order chi connectivity index (χ1) is 21.7. The summed E-state index contributed by atoms with van der Waals surface area (Å²) in [7, 11) is 0. The molecule has 4 atom stereocenters. The standard InChI is InChI=1S/C37H49F3N2O3/c1-5-7-9-10-11-12-13-16-24-37(4,40)36(43)44-30-22-20-28(21-23-30)29-25-41-35(42-26-29)31-17-14-15-19-32(31)45-33(18-8-6-2)34(39)27(3)38/h14-15,17,19-23,25-27,33-34H,5-13,16,18,24H2,1-4H3. The second-order valence-corrected chi connectivity index (χ2v) is 12.0. The number of rotatable bonds is 20. The summed E-state index contributed by atoms with van der Waals surface area (Å²) in [6.45, 7) is 6.67. The highest BCUT2D eigenvalue weighted by molar-refractivity contribution is 5.81. The number of hydrogen-bond donors (Lipinski definition) is 0. The lowest BCUT2D eigenvalue weighted by Gasteiger charge is -2.24. The minimum absolute atomic E-state index is 0.138. The van der Waals surface area contributed by atoms with E-state index < -0.39 is 30.1 Å². The molecule has 0 bridgehead atoms. The van der Waals surface area contributed by atoms with Crippen LogP contribution in [0.4, 0.5) is 13.2 Å². The molecule has 0 spiro atoms. The van der Waals surface area contributed by atoms with Gasteiger partial charge in [0.25, 0.3) is 0 Å². The molecule has 0 saturated carbocycles. The first-order valence-electron chi connectivity index (χ1n) is 16.5. The van der Waals surface area contributed by atoms with Gasteiger partial charge in [0, 0.05) is 18.0 Å². The molecule has 0 aliphatic rings. The van der Waals surface area contributed by atoms with Gasteiger partial charge in [0.1, 0.15) is 23.8 Å². The van der Waals surface area contributed by atoms with Gasteiger partial charge in [-0.1, -0.05) is 89.5 Å². The van der Waals surface area contributed by atoms with Crippen molar-refractivity contribution in [3.63, 3.8) is 0 Å². The molecular formula is C37H49F3N2O3. The number of hydrogen-bond acceptors (Lipinski definition) is 5. The van der Waals surface area contributed by atoms with Gasteiger partial charge in [-0.3, -0.25) is 0 Å². The Bertz CT molecular complexity index is 1280. The van der Waals surface area contributed by atoms with Crippen molar-refractivity contribution in [2.24, 2.45) is 0 Å². The number of para-hydroxylation sites is 1. The molecule has 3 aromatic rings. The van der Waals surface area contributed by atoms with E-state index in [1.165, 1.54) is 39.5 Å². The number of nitrogens with zero attached hydrogens (tertiary/aromatic N) is 2. The summed E-state index contributed by atoms with van der Waals surface area (Å²) in [6, 6.07) is 13.8. The van der Waals surface area contributed by atoms with Gasteiger partial charge < -0.3 is 9.47 Å². The van der Waals surface area contributed by atoms with Crippen molar-refractivity contribution in [3.05, 3.63) is 60.9 Å². The van der Waals surface area contributed by atoms with Crippen molar-refractivity contribution in [2.75, 3.05) is 0 Å². The van der Waals surface area contributed by atoms with Crippen LogP contribution in [-0.4, -0.2) is 40.1 Å². The highest BCUT2D eigenvalue weighted by Crippen LogP contribution is 2.32. The van der Waals surface area contributed by atoms with E-state index in [1.807, 2.05) is 13.0 Å². The Morgan fingerprint density at radius 2 is 1.42 bits per heavy atom. The van der Waals surface area contributed by atoms with Crippen molar-refractivity contribution in [2.45, 2.75) is 129 Å². The van der Waals surface area contributed by atoms with E-state index in [-0.39, 0.29) is 12.2 Å². The second kappa shape index (κ2) is 18.5. The van der Waals surface area contributed by atoms with Gasteiger partial charge in [0.15, 0.2) is 12.0 Å². The molecule has 0 saturated heterocycles. The summed E-state index contributed by atoms with van der Waals surface area (Å²) in [4.78, 5) is 21.6. The van der Waals surface area contributed by atoms with E-state index in [4.69, 9.17) is 9.47 Å². The molecule has 2 aromatic carbocycles. The molecule has 1 heterocycles. The highest BCUT2D eigenvalue weighted by Gasteiger charge is 2.34. The van der Waals surface area contributed by atoms with Gasteiger partial charge in [-0.15, -0.1) is 0 Å². The number of ether oxygens (including phenoxy) is 2. The normalized spacial score (nSPS) is 14.7. The van der Waals surface area contributed by atoms with Gasteiger partial charge >= 0.3 is 5.97 Å². The monoisotopic (exact) mass is 626 g/mol. The van der Waals surface area contributed by atoms with Crippen molar-refractivity contribution >= 4 is 5.97 Å². The third-order valence-electron chi connectivity index (χ3n) is 8.02. The largest absolute Gasteiger partial charge is 0.487 e. The maximum absolute atomic E-state index is 15.1. The first-order valence-corrected chi connectivity index (χ1v) is 16.5. The fourth-order valence-electron chi connectivity index (χ4n) is 5.14. The molecule has 246 valence electrons. The zero-order chi connectivity index (χ0) is 32.7. The Morgan fingerprint density at radius 1 is 0.822 bits per heavy atom. The SMILES string of the molecule is CCCCCCCCCCC(C)(F)C(=O)Oc1ccc(-c2cnc(-c3ccccc3OC(CCCC)C(F)C(C)F)nc2)cc1. The zero-order valence-corrected chi connectivity index (χ0v) is 27.2. The van der Waals surface area contributed by atoms with Crippen LogP contribution in [0.25, 0.3) is 22.5 Å². The van der Waals surface area contributed by atoms with Crippen molar-refractivity contribution < 1.29 is 27.4 Å². The molecule has 4 unspecified atom stereocenters. The Kier molecular flexibility index (Phi) is 14.8. The average Bonchev–Trinajstić information content (AvgIpc) is 3.04. The number of halogens is 3. The highest BCUT2D eigenvalue weighted by atomic mass is 19.2. The summed E-state index contributed by atoms with van der Waals surface area (Å²) in [5.74, 6) is 0.155. The smallest absolute Gasteiger partial charge is 0.348 e. The van der Waals surface area contributed by atoms with E-state index in [9.17, 15) is 13.6 Å². The molecule has 0 N–H and O–H groups in total. The number of unbranched alkanes of at least 4 members (excludes halogenated alkanes) is 8. The number of benzene rings is 2. The van der Waals surface area contributed by atoms with E-state index in [0.29, 0.717) is 30.0 Å². The predicted octanol–water partition coefficient (Wildman–Crippen LogP) is 10.6. The Labute approximate surface area is 267 Å². The molecule has 0 fully saturated rings. The number of carbonyl (C=O) groups excluding carboxylic acids is 1. The molecule has 1 aromatic heterocycles. The van der Waals surface area contributed by atoms with Crippen LogP contribution in [0.1, 0.15) is 105 Å². The van der Waals surface area contributed by atoms with Gasteiger partial charge in [0.2, 0.25) is 5.67 Å². The van der Waals surface area contributed by atoms with Crippen molar-refractivity contribution in [3.8, 4) is 34.0 Å². The van der Waals surface area contributed by atoms with Crippen LogP contribution >= 0.6 is 0 Å². The third kappa shape index (κ3) is 11.5. The summed E-state index contributed by atoms with van der Waals surface area (Å²) in [5, 5.41) is 0. The maximum Gasteiger partial charge on any atom is 0.348 e. The molecule has 3 rings (SSSR count). The second-order valence-electron chi connectivity index (χ2n) is 12.0. The number of carbonyl (C=O) groups is 1. The lowest BCUT2D eigenvalue weighted by Crippen LogP contribution is -2.34. The molecule has 8 heteroatoms. The third-order valence-corrected chi connectivity index (χ3v) is 8.02. The summed E-state index contributed by atoms with van der Waals surface area (Å²) < 4.78 is 54.9. The van der Waals surface area contributed by atoms with Crippen molar-refractivity contribution in [1.29, 1.82) is 0 Å². The molecular weight excluding hydrogens is 577 g/mol. The van der Waals surface area contributed by atoms with E-state index in [0.717, 1.165) is 43.2 Å². The fourth-order valence-corrected chi connectivity index (χ4v) is 5.14. The van der Waals surface area contributed by atoms with Gasteiger partial charge in [-0.25, -0.2) is 27.9 Å². The van der Waals surface area contributed by atoms with E-state index in [1.54, 1.807) is 54.9 Å². The lowest BCUT2D eigenvalue weighted by atomic mass is 9.99. The van der Waals surface area contributed by atoms with Crippen LogP contribution < -0.4 is 9.47 Å². The lowest BCUT2D eigenvalue weighted by molar-refractivity contribution is -0.147. The number of aromatic nitrogens is 2. The number of alkyl halides is 3. The molecule has 45 heavy (non-hydrogen) atoms. The van der Waals surface area contributed by atoms with Crippen LogP contribution in [0.3, 0.4) is 0 Å². The topological polar surface area (TPSA) is 61.3 Å². The zero-order valence-electron chi connectivity index (χ0n) is 27.2. The Morgan fingerprint density at radius 3 is 2.04 bits per heavy atom. The summed E-state index contributed by atoms with van der Waals surface area (Å²) in [5.41, 5.74) is 0.0314. The van der Waals surface area contributed by atoms with Gasteiger partial charge in [-0.2, -0.15) is 0 Å². The van der Waals surface area contributed by atoms with Crippen LogP contribution in [0.2, 0.25) is 0 Å². The molecule has 0 aliphatic carbocycles. The molecule has 0 radical (unpaired) electrons. The van der Waals surface area contributed by atoms with Gasteiger partial charge in [-0.05, 0) is 69.4 Å². The first kappa shape index (κ1) is 36.1. The number of esters is 1. The molecule has 5 nitrogen and oxygen atoms in total.